The quantitative estimate of drug-likeness (QED) is 0.675. The molecule has 1 aliphatic heterocycles. The van der Waals surface area contributed by atoms with Crippen molar-refractivity contribution < 1.29 is 14.3 Å². The van der Waals surface area contributed by atoms with E-state index in [0.717, 1.165) is 18.9 Å². The van der Waals surface area contributed by atoms with Crippen molar-refractivity contribution in [2.24, 2.45) is 5.92 Å². The first-order chi connectivity index (χ1) is 9.72. The van der Waals surface area contributed by atoms with Gasteiger partial charge in [0.05, 0.1) is 19.8 Å². The van der Waals surface area contributed by atoms with Gasteiger partial charge in [-0.05, 0) is 31.7 Å². The third-order valence-electron chi connectivity index (χ3n) is 3.71. The van der Waals surface area contributed by atoms with Crippen LogP contribution in [0.4, 0.5) is 0 Å². The molecule has 1 heterocycles. The fourth-order valence-corrected chi connectivity index (χ4v) is 2.29. The van der Waals surface area contributed by atoms with Gasteiger partial charge in [-0.3, -0.25) is 9.59 Å². The summed E-state index contributed by atoms with van der Waals surface area (Å²) in [6.45, 7) is 5.15. The summed E-state index contributed by atoms with van der Waals surface area (Å²) in [5.41, 5.74) is 0. The minimum atomic E-state index is -0.481. The molecule has 1 saturated carbocycles. The number of nitrogens with one attached hydrogen (secondary N) is 2. The molecule has 2 fully saturated rings. The lowest BCUT2D eigenvalue weighted by atomic mass is 10.2. The van der Waals surface area contributed by atoms with E-state index in [2.05, 4.69) is 10.6 Å². The first-order valence-electron chi connectivity index (χ1n) is 7.58. The molecule has 1 unspecified atom stereocenters. The first kappa shape index (κ1) is 15.3. The van der Waals surface area contributed by atoms with Crippen molar-refractivity contribution in [1.82, 2.24) is 15.5 Å². The Morgan fingerprint density at radius 1 is 1.35 bits per heavy atom. The van der Waals surface area contributed by atoms with Gasteiger partial charge in [0, 0.05) is 13.1 Å². The van der Waals surface area contributed by atoms with Gasteiger partial charge < -0.3 is 20.3 Å². The second kappa shape index (κ2) is 7.59. The Kier molecular flexibility index (Phi) is 5.79. The summed E-state index contributed by atoms with van der Waals surface area (Å²) in [6.07, 6.45) is 3.41. The molecule has 0 aromatic rings. The molecule has 0 bridgehead atoms. The largest absolute Gasteiger partial charge is 0.377 e. The second-order valence-electron chi connectivity index (χ2n) is 5.54. The van der Waals surface area contributed by atoms with Crippen molar-refractivity contribution in [2.45, 2.75) is 32.2 Å². The molecule has 0 aromatic heterocycles. The van der Waals surface area contributed by atoms with Gasteiger partial charge in [-0.2, -0.15) is 0 Å². The van der Waals surface area contributed by atoms with Crippen molar-refractivity contribution in [3.63, 3.8) is 0 Å². The zero-order valence-corrected chi connectivity index (χ0v) is 12.2. The van der Waals surface area contributed by atoms with Crippen molar-refractivity contribution in [1.29, 1.82) is 0 Å². The lowest BCUT2D eigenvalue weighted by Gasteiger charge is -2.34. The molecule has 6 heteroatoms. The molecule has 20 heavy (non-hydrogen) atoms. The normalized spacial score (nSPS) is 22.6. The number of carbonyl (C=O) groups excluding carboxylic acids is 2. The van der Waals surface area contributed by atoms with Crippen molar-refractivity contribution in [3.05, 3.63) is 0 Å². The van der Waals surface area contributed by atoms with Gasteiger partial charge in [-0.15, -0.1) is 0 Å². The Morgan fingerprint density at radius 2 is 2.15 bits per heavy atom. The fraction of sp³-hybridized carbons (Fsp3) is 0.857. The van der Waals surface area contributed by atoms with Crippen LogP contribution < -0.4 is 10.6 Å². The van der Waals surface area contributed by atoms with E-state index >= 15 is 0 Å². The molecular weight excluding hydrogens is 258 g/mol. The summed E-state index contributed by atoms with van der Waals surface area (Å²) in [5.74, 6) is 0.629. The number of hydrogen-bond acceptors (Lipinski definition) is 4. The highest BCUT2D eigenvalue weighted by Crippen LogP contribution is 2.27. The van der Waals surface area contributed by atoms with Gasteiger partial charge >= 0.3 is 0 Å². The molecule has 1 aliphatic carbocycles. The van der Waals surface area contributed by atoms with E-state index in [1.54, 1.807) is 4.90 Å². The third-order valence-corrected chi connectivity index (χ3v) is 3.71. The third kappa shape index (κ3) is 4.45. The van der Waals surface area contributed by atoms with Crippen LogP contribution in [0.25, 0.3) is 0 Å². The monoisotopic (exact) mass is 283 g/mol. The van der Waals surface area contributed by atoms with Crippen LogP contribution in [-0.2, 0) is 14.3 Å². The van der Waals surface area contributed by atoms with Crippen LogP contribution >= 0.6 is 0 Å². The highest BCUT2D eigenvalue weighted by molar-refractivity contribution is 5.88. The number of morpholine rings is 1. The molecule has 2 N–H and O–H groups in total. The molecule has 2 aliphatic rings. The van der Waals surface area contributed by atoms with E-state index < -0.39 is 6.04 Å². The number of hydrogen-bond donors (Lipinski definition) is 2. The zero-order chi connectivity index (χ0) is 14.4. The molecule has 2 rings (SSSR count). The van der Waals surface area contributed by atoms with E-state index in [-0.39, 0.29) is 11.8 Å². The van der Waals surface area contributed by atoms with Crippen molar-refractivity contribution in [2.75, 3.05) is 39.4 Å². The molecule has 1 atom stereocenters. The smallest absolute Gasteiger partial charge is 0.245 e. The topological polar surface area (TPSA) is 70.7 Å². The lowest BCUT2D eigenvalue weighted by Crippen LogP contribution is -2.57. The summed E-state index contributed by atoms with van der Waals surface area (Å²) >= 11 is 0. The molecule has 0 spiro atoms. The highest BCUT2D eigenvalue weighted by atomic mass is 16.5. The van der Waals surface area contributed by atoms with Gasteiger partial charge in [0.15, 0.2) is 0 Å². The maximum Gasteiger partial charge on any atom is 0.245 e. The first-order valence-corrected chi connectivity index (χ1v) is 7.58. The number of amides is 2. The summed E-state index contributed by atoms with van der Waals surface area (Å²) in [4.78, 5) is 25.9. The Hall–Kier alpha value is -1.14. The van der Waals surface area contributed by atoms with Crippen LogP contribution in [0.1, 0.15) is 26.2 Å². The number of nitrogens with zero attached hydrogens (tertiary/aromatic N) is 1. The Bertz CT molecular complexity index is 345. The Labute approximate surface area is 120 Å². The molecule has 1 saturated heterocycles. The van der Waals surface area contributed by atoms with Gasteiger partial charge in [0.25, 0.3) is 0 Å². The number of rotatable bonds is 7. The fourth-order valence-electron chi connectivity index (χ4n) is 2.29. The molecule has 0 radical (unpaired) electrons. The SMILES string of the molecule is CCCNC(=O)C1COCCN1C(=O)CNCC1CC1. The minimum absolute atomic E-state index is 0.00871. The van der Waals surface area contributed by atoms with Gasteiger partial charge in [-0.1, -0.05) is 6.92 Å². The summed E-state index contributed by atoms with van der Waals surface area (Å²) < 4.78 is 5.34. The Balaban J connectivity index is 1.80. The van der Waals surface area contributed by atoms with Crippen LogP contribution in [-0.4, -0.2) is 62.1 Å². The van der Waals surface area contributed by atoms with E-state index in [4.69, 9.17) is 4.74 Å². The van der Waals surface area contributed by atoms with E-state index in [0.29, 0.717) is 32.8 Å². The van der Waals surface area contributed by atoms with Gasteiger partial charge in [0.2, 0.25) is 11.8 Å². The maximum absolute atomic E-state index is 12.2. The average Bonchev–Trinajstić information content (AvgIpc) is 3.28. The second-order valence-corrected chi connectivity index (χ2v) is 5.54. The van der Waals surface area contributed by atoms with Crippen LogP contribution in [0.2, 0.25) is 0 Å². The Morgan fingerprint density at radius 3 is 2.85 bits per heavy atom. The molecule has 114 valence electrons. The van der Waals surface area contributed by atoms with E-state index in [1.165, 1.54) is 12.8 Å². The van der Waals surface area contributed by atoms with Crippen LogP contribution in [0.5, 0.6) is 0 Å². The van der Waals surface area contributed by atoms with Crippen molar-refractivity contribution in [3.8, 4) is 0 Å². The van der Waals surface area contributed by atoms with Crippen molar-refractivity contribution >= 4 is 11.8 Å². The summed E-state index contributed by atoms with van der Waals surface area (Å²) in [7, 11) is 0. The standard InChI is InChI=1S/C14H25N3O3/c1-2-5-16-14(19)12-10-20-7-6-17(12)13(18)9-15-8-11-3-4-11/h11-12,15H,2-10H2,1H3,(H,16,19). The van der Waals surface area contributed by atoms with Crippen LogP contribution in [0.3, 0.4) is 0 Å². The predicted octanol–water partition coefficient (Wildman–Crippen LogP) is -0.260. The summed E-state index contributed by atoms with van der Waals surface area (Å²) in [6, 6.07) is -0.481. The average molecular weight is 283 g/mol. The molecule has 2 amide bonds. The van der Waals surface area contributed by atoms with E-state index in [1.807, 2.05) is 6.92 Å². The maximum atomic E-state index is 12.2. The summed E-state index contributed by atoms with van der Waals surface area (Å²) in [5, 5.41) is 6.02. The number of carbonyl (C=O) groups is 2. The zero-order valence-electron chi connectivity index (χ0n) is 12.2. The molecule has 6 nitrogen and oxygen atoms in total. The minimum Gasteiger partial charge on any atom is -0.377 e. The van der Waals surface area contributed by atoms with Crippen LogP contribution in [0.15, 0.2) is 0 Å². The molecular formula is C14H25N3O3. The lowest BCUT2D eigenvalue weighted by molar-refractivity contribution is -0.147. The highest BCUT2D eigenvalue weighted by Gasteiger charge is 2.32. The van der Waals surface area contributed by atoms with Gasteiger partial charge in [-0.25, -0.2) is 0 Å². The van der Waals surface area contributed by atoms with Gasteiger partial charge in [0.1, 0.15) is 6.04 Å². The van der Waals surface area contributed by atoms with Crippen LogP contribution in [0, 0.1) is 5.92 Å². The van der Waals surface area contributed by atoms with E-state index in [9.17, 15) is 9.59 Å². The predicted molar refractivity (Wildman–Crippen MR) is 75.2 cm³/mol. The molecule has 0 aromatic carbocycles. The number of ether oxygens (including phenoxy) is 1.